The Balaban J connectivity index is 1.90. The Bertz CT molecular complexity index is 816. The molecule has 5 nitrogen and oxygen atoms in total. The summed E-state index contributed by atoms with van der Waals surface area (Å²) in [7, 11) is 0. The van der Waals surface area contributed by atoms with Gasteiger partial charge in [0.05, 0.1) is 24.3 Å². The van der Waals surface area contributed by atoms with Crippen molar-refractivity contribution in [2.75, 3.05) is 13.1 Å². The molecule has 1 aromatic carbocycles. The number of benzene rings is 1. The summed E-state index contributed by atoms with van der Waals surface area (Å²) >= 11 is 6.30. The van der Waals surface area contributed by atoms with Gasteiger partial charge in [-0.25, -0.2) is 0 Å². The van der Waals surface area contributed by atoms with Crippen LogP contribution in [-0.4, -0.2) is 33.3 Å². The molecule has 21 heavy (non-hydrogen) atoms. The molecule has 0 aliphatic carbocycles. The third kappa shape index (κ3) is 2.10. The molecule has 1 N–H and O–H groups in total. The molecule has 0 spiro atoms. The second kappa shape index (κ2) is 4.93. The number of rotatable bonds is 3. The third-order valence-electron chi connectivity index (χ3n) is 3.63. The van der Waals surface area contributed by atoms with Crippen molar-refractivity contribution in [2.24, 2.45) is 4.99 Å². The van der Waals surface area contributed by atoms with Crippen molar-refractivity contribution >= 4 is 28.3 Å². The molecular weight excluding hydrogens is 286 g/mol. The highest BCUT2D eigenvalue weighted by atomic mass is 35.5. The lowest BCUT2D eigenvalue weighted by atomic mass is 10.2. The van der Waals surface area contributed by atoms with E-state index in [9.17, 15) is 0 Å². The van der Waals surface area contributed by atoms with E-state index in [0.717, 1.165) is 35.5 Å². The molecule has 3 aromatic rings. The maximum atomic E-state index is 6.30. The van der Waals surface area contributed by atoms with Crippen LogP contribution >= 0.6 is 11.6 Å². The fourth-order valence-electron chi connectivity index (χ4n) is 2.69. The summed E-state index contributed by atoms with van der Waals surface area (Å²) in [5.74, 6) is 0.957. The maximum Gasteiger partial charge on any atom is 0.159 e. The van der Waals surface area contributed by atoms with Crippen LogP contribution in [0, 0.1) is 0 Å². The average Bonchev–Trinajstić information content (AvgIpc) is 3.22. The van der Waals surface area contributed by atoms with Gasteiger partial charge in [0.2, 0.25) is 0 Å². The number of hydrogen-bond acceptors (Lipinski definition) is 3. The number of nitrogens with one attached hydrogen (secondary N) is 1. The Morgan fingerprint density at radius 1 is 1.19 bits per heavy atom. The first-order valence-electron chi connectivity index (χ1n) is 6.88. The zero-order valence-electron chi connectivity index (χ0n) is 11.3. The first-order valence-corrected chi connectivity index (χ1v) is 7.26. The summed E-state index contributed by atoms with van der Waals surface area (Å²) in [4.78, 5) is 4.43. The fourth-order valence-corrected chi connectivity index (χ4v) is 2.94. The molecule has 1 aliphatic heterocycles. The molecule has 0 saturated heterocycles. The van der Waals surface area contributed by atoms with Gasteiger partial charge < -0.3 is 9.88 Å². The van der Waals surface area contributed by atoms with Gasteiger partial charge in [0.1, 0.15) is 5.84 Å². The highest BCUT2D eigenvalue weighted by Gasteiger charge is 2.16. The van der Waals surface area contributed by atoms with E-state index >= 15 is 0 Å². The number of nitrogens with zero attached hydrogens (tertiary/aromatic N) is 4. The predicted octanol–water partition coefficient (Wildman–Crippen LogP) is 2.48. The zero-order chi connectivity index (χ0) is 14.2. The largest absolute Gasteiger partial charge is 0.370 e. The summed E-state index contributed by atoms with van der Waals surface area (Å²) in [6.07, 6.45) is 4.04. The summed E-state index contributed by atoms with van der Waals surface area (Å²) in [5, 5.41) is 9.23. The van der Waals surface area contributed by atoms with Crippen LogP contribution in [0.1, 0.15) is 0 Å². The number of para-hydroxylation sites is 1. The Labute approximate surface area is 126 Å². The Morgan fingerprint density at radius 2 is 2.05 bits per heavy atom. The quantitative estimate of drug-likeness (QED) is 0.807. The van der Waals surface area contributed by atoms with Gasteiger partial charge in [-0.1, -0.05) is 17.7 Å². The lowest BCUT2D eigenvalue weighted by Crippen LogP contribution is -2.24. The van der Waals surface area contributed by atoms with E-state index in [0.29, 0.717) is 11.7 Å². The van der Waals surface area contributed by atoms with Crippen LogP contribution in [0.4, 0.5) is 0 Å². The number of halogens is 1. The van der Waals surface area contributed by atoms with Gasteiger partial charge in [0.25, 0.3) is 0 Å². The number of fused-ring (bicyclic) bond motifs is 1. The Kier molecular flexibility index (Phi) is 2.93. The molecule has 2 aromatic heterocycles. The van der Waals surface area contributed by atoms with Gasteiger partial charge in [-0.3, -0.25) is 9.67 Å². The van der Waals surface area contributed by atoms with Crippen LogP contribution in [-0.2, 0) is 6.54 Å². The van der Waals surface area contributed by atoms with E-state index in [1.807, 2.05) is 41.3 Å². The Hall–Kier alpha value is -2.27. The third-order valence-corrected chi connectivity index (χ3v) is 3.91. The highest BCUT2D eigenvalue weighted by Crippen LogP contribution is 2.28. The molecule has 4 rings (SSSR count). The van der Waals surface area contributed by atoms with Crippen LogP contribution < -0.4 is 5.32 Å². The number of hydrogen-bond donors (Lipinski definition) is 1. The molecule has 0 bridgehead atoms. The molecular formula is C15H14ClN5. The van der Waals surface area contributed by atoms with Crippen LogP contribution in [0.5, 0.6) is 0 Å². The van der Waals surface area contributed by atoms with Crippen LogP contribution in [0.2, 0.25) is 5.15 Å². The summed E-state index contributed by atoms with van der Waals surface area (Å²) in [6.45, 7) is 2.33. The van der Waals surface area contributed by atoms with E-state index in [1.165, 1.54) is 0 Å². The van der Waals surface area contributed by atoms with Crippen molar-refractivity contribution < 1.29 is 0 Å². The molecule has 106 valence electrons. The van der Waals surface area contributed by atoms with E-state index < -0.39 is 0 Å². The van der Waals surface area contributed by atoms with Crippen LogP contribution in [0.15, 0.2) is 47.7 Å². The number of aromatic nitrogens is 3. The lowest BCUT2D eigenvalue weighted by Gasteiger charge is -2.09. The van der Waals surface area contributed by atoms with Gasteiger partial charge in [-0.15, -0.1) is 0 Å². The standard InChI is InChI=1S/C15H14ClN5/c16-15-11-4-3-5-12(20-8-1-2-9-20)14(11)21(19-15)10-13-17-6-7-18-13/h1-5,8-9H,6-7,10H2,(H,17,18). The van der Waals surface area contributed by atoms with E-state index in [2.05, 4.69) is 26.0 Å². The molecule has 0 fully saturated rings. The maximum absolute atomic E-state index is 6.30. The molecule has 0 unspecified atom stereocenters. The number of aliphatic imine (C=N–C) groups is 1. The van der Waals surface area contributed by atoms with Crippen molar-refractivity contribution in [2.45, 2.75) is 6.54 Å². The minimum absolute atomic E-state index is 0.526. The smallest absolute Gasteiger partial charge is 0.159 e. The van der Waals surface area contributed by atoms with Crippen molar-refractivity contribution in [3.8, 4) is 5.69 Å². The second-order valence-corrected chi connectivity index (χ2v) is 5.33. The normalized spacial score (nSPS) is 14.4. The van der Waals surface area contributed by atoms with Crippen molar-refractivity contribution in [1.82, 2.24) is 19.7 Å². The van der Waals surface area contributed by atoms with Crippen LogP contribution in [0.3, 0.4) is 0 Å². The first-order chi connectivity index (χ1) is 10.3. The van der Waals surface area contributed by atoms with E-state index in [4.69, 9.17) is 11.6 Å². The number of amidine groups is 1. The summed E-state index contributed by atoms with van der Waals surface area (Å²) in [5.41, 5.74) is 2.09. The lowest BCUT2D eigenvalue weighted by molar-refractivity contribution is 0.736. The monoisotopic (exact) mass is 299 g/mol. The van der Waals surface area contributed by atoms with Crippen LogP contribution in [0.25, 0.3) is 16.6 Å². The van der Waals surface area contributed by atoms with Crippen molar-refractivity contribution in [3.05, 3.63) is 47.9 Å². The first kappa shape index (κ1) is 12.5. The summed E-state index contributed by atoms with van der Waals surface area (Å²) in [6, 6.07) is 10.1. The topological polar surface area (TPSA) is 47.1 Å². The fraction of sp³-hybridized carbons (Fsp3) is 0.200. The van der Waals surface area contributed by atoms with Gasteiger partial charge >= 0.3 is 0 Å². The molecule has 6 heteroatoms. The van der Waals surface area contributed by atoms with Gasteiger partial charge in [-0.2, -0.15) is 5.10 Å². The molecule has 3 heterocycles. The predicted molar refractivity (Wildman–Crippen MR) is 84.4 cm³/mol. The van der Waals surface area contributed by atoms with Gasteiger partial charge in [0, 0.05) is 24.3 Å². The molecule has 0 saturated carbocycles. The average molecular weight is 300 g/mol. The summed E-state index contributed by atoms with van der Waals surface area (Å²) < 4.78 is 3.99. The van der Waals surface area contributed by atoms with Crippen molar-refractivity contribution in [1.29, 1.82) is 0 Å². The molecule has 1 aliphatic rings. The highest BCUT2D eigenvalue weighted by molar-refractivity contribution is 6.34. The van der Waals surface area contributed by atoms with Crippen molar-refractivity contribution in [3.63, 3.8) is 0 Å². The Morgan fingerprint density at radius 3 is 2.81 bits per heavy atom. The second-order valence-electron chi connectivity index (χ2n) is 4.97. The molecule has 0 atom stereocenters. The van der Waals surface area contributed by atoms with E-state index in [-0.39, 0.29) is 0 Å². The SMILES string of the molecule is Clc1nn(CC2=NCCN2)c2c(-n3cccc3)cccc12. The van der Waals surface area contributed by atoms with Gasteiger partial charge in [0.15, 0.2) is 5.15 Å². The van der Waals surface area contributed by atoms with E-state index in [1.54, 1.807) is 0 Å². The minimum Gasteiger partial charge on any atom is -0.370 e. The molecule has 0 radical (unpaired) electrons. The van der Waals surface area contributed by atoms with Gasteiger partial charge in [-0.05, 0) is 24.3 Å². The minimum atomic E-state index is 0.526. The zero-order valence-corrected chi connectivity index (χ0v) is 12.1. The molecule has 0 amide bonds.